The molecule has 2 aromatic carbocycles. The van der Waals surface area contributed by atoms with Gasteiger partial charge in [-0.05, 0) is 61.1 Å². The molecule has 0 aliphatic heterocycles. The highest BCUT2D eigenvalue weighted by Gasteiger charge is 2.15. The first kappa shape index (κ1) is 21.6. The summed E-state index contributed by atoms with van der Waals surface area (Å²) in [5, 5.41) is 20.3. The zero-order valence-electron chi connectivity index (χ0n) is 16.4. The first-order chi connectivity index (χ1) is 14.9. The van der Waals surface area contributed by atoms with Crippen molar-refractivity contribution in [3.63, 3.8) is 0 Å². The Morgan fingerprint density at radius 1 is 1.19 bits per heavy atom. The number of aromatic nitrogens is 4. The molecule has 2 aromatic heterocycles. The first-order valence-electron chi connectivity index (χ1n) is 9.25. The SMILES string of the molecule is CCc1nnc2sc(-c3ccc(NC(=S)NC(=O)c4ccc(Cl)cc4Cl)c(C)c3)nn12. The third-order valence-electron chi connectivity index (χ3n) is 4.50. The summed E-state index contributed by atoms with van der Waals surface area (Å²) < 4.78 is 1.77. The van der Waals surface area contributed by atoms with Crippen LogP contribution < -0.4 is 10.6 Å². The minimum atomic E-state index is -0.417. The molecule has 0 fully saturated rings. The number of fused-ring (bicyclic) bond motifs is 1. The fourth-order valence-electron chi connectivity index (χ4n) is 2.93. The maximum absolute atomic E-state index is 12.4. The van der Waals surface area contributed by atoms with Crippen molar-refractivity contribution in [3.8, 4) is 10.6 Å². The summed E-state index contributed by atoms with van der Waals surface area (Å²) >= 11 is 18.7. The fourth-order valence-corrected chi connectivity index (χ4v) is 4.48. The summed E-state index contributed by atoms with van der Waals surface area (Å²) in [4.78, 5) is 13.2. The van der Waals surface area contributed by atoms with E-state index in [4.69, 9.17) is 35.4 Å². The number of anilines is 1. The number of nitrogens with zero attached hydrogens (tertiary/aromatic N) is 4. The highest BCUT2D eigenvalue weighted by Crippen LogP contribution is 2.29. The van der Waals surface area contributed by atoms with Crippen LogP contribution in [0.25, 0.3) is 15.5 Å². The summed E-state index contributed by atoms with van der Waals surface area (Å²) in [5.41, 5.74) is 2.97. The first-order valence-corrected chi connectivity index (χ1v) is 11.2. The average Bonchev–Trinajstić information content (AvgIpc) is 3.30. The Kier molecular flexibility index (Phi) is 6.19. The monoisotopic (exact) mass is 490 g/mol. The van der Waals surface area contributed by atoms with Crippen LogP contribution in [-0.2, 0) is 6.42 Å². The number of rotatable bonds is 4. The number of benzene rings is 2. The number of thiocarbonyl (C=S) groups is 1. The highest BCUT2D eigenvalue weighted by atomic mass is 35.5. The molecular formula is C20H16Cl2N6OS2. The second-order valence-corrected chi connectivity index (χ2v) is 8.84. The average molecular weight is 491 g/mol. The number of carbonyl (C=O) groups is 1. The molecule has 7 nitrogen and oxygen atoms in total. The Morgan fingerprint density at radius 2 is 2.00 bits per heavy atom. The minimum Gasteiger partial charge on any atom is -0.332 e. The van der Waals surface area contributed by atoms with E-state index in [1.807, 2.05) is 32.0 Å². The lowest BCUT2D eigenvalue weighted by Gasteiger charge is -2.13. The normalized spacial score (nSPS) is 11.0. The van der Waals surface area contributed by atoms with Gasteiger partial charge in [0.1, 0.15) is 5.01 Å². The smallest absolute Gasteiger partial charge is 0.258 e. The molecule has 0 bridgehead atoms. The zero-order valence-corrected chi connectivity index (χ0v) is 19.6. The molecule has 2 heterocycles. The van der Waals surface area contributed by atoms with Crippen molar-refractivity contribution in [2.75, 3.05) is 5.32 Å². The van der Waals surface area contributed by atoms with Gasteiger partial charge >= 0.3 is 0 Å². The van der Waals surface area contributed by atoms with Crippen molar-refractivity contribution in [2.24, 2.45) is 0 Å². The Balaban J connectivity index is 1.48. The maximum Gasteiger partial charge on any atom is 0.258 e. The Morgan fingerprint density at radius 3 is 2.71 bits per heavy atom. The molecule has 158 valence electrons. The molecular weight excluding hydrogens is 475 g/mol. The molecule has 0 saturated heterocycles. The summed E-state index contributed by atoms with van der Waals surface area (Å²) in [7, 11) is 0. The van der Waals surface area contributed by atoms with Crippen molar-refractivity contribution in [2.45, 2.75) is 20.3 Å². The lowest BCUT2D eigenvalue weighted by molar-refractivity contribution is 0.0978. The quantitative estimate of drug-likeness (QED) is 0.384. The van der Waals surface area contributed by atoms with Gasteiger partial charge in [0.05, 0.1) is 10.6 Å². The van der Waals surface area contributed by atoms with Crippen LogP contribution in [0.3, 0.4) is 0 Å². The third-order valence-corrected chi connectivity index (χ3v) is 6.20. The molecule has 11 heteroatoms. The van der Waals surface area contributed by atoms with Gasteiger partial charge in [0, 0.05) is 22.7 Å². The number of nitrogens with one attached hydrogen (secondary N) is 2. The Bertz CT molecular complexity index is 1320. The van der Waals surface area contributed by atoms with Gasteiger partial charge in [-0.1, -0.05) is 41.5 Å². The predicted molar refractivity (Wildman–Crippen MR) is 128 cm³/mol. The van der Waals surface area contributed by atoms with Gasteiger partial charge in [0.25, 0.3) is 5.91 Å². The van der Waals surface area contributed by atoms with E-state index in [1.165, 1.54) is 17.4 Å². The number of hydrogen-bond acceptors (Lipinski definition) is 6. The second kappa shape index (κ2) is 8.88. The molecule has 0 unspecified atom stereocenters. The van der Waals surface area contributed by atoms with E-state index in [0.717, 1.165) is 39.0 Å². The van der Waals surface area contributed by atoms with Gasteiger partial charge < -0.3 is 5.32 Å². The van der Waals surface area contributed by atoms with E-state index in [1.54, 1.807) is 16.6 Å². The third kappa shape index (κ3) is 4.54. The number of hydrogen-bond donors (Lipinski definition) is 2. The van der Waals surface area contributed by atoms with E-state index in [0.29, 0.717) is 5.02 Å². The molecule has 0 aliphatic rings. The summed E-state index contributed by atoms with van der Waals surface area (Å²) in [5.74, 6) is 0.411. The number of aryl methyl sites for hydroxylation is 2. The van der Waals surface area contributed by atoms with Crippen molar-refractivity contribution in [1.29, 1.82) is 0 Å². The lowest BCUT2D eigenvalue weighted by Crippen LogP contribution is -2.34. The van der Waals surface area contributed by atoms with E-state index in [2.05, 4.69) is 25.9 Å². The molecule has 0 saturated carbocycles. The summed E-state index contributed by atoms with van der Waals surface area (Å²) in [6, 6.07) is 10.5. The molecule has 4 rings (SSSR count). The van der Waals surface area contributed by atoms with Crippen LogP contribution in [0.5, 0.6) is 0 Å². The summed E-state index contributed by atoms with van der Waals surface area (Å²) in [6.07, 6.45) is 0.761. The van der Waals surface area contributed by atoms with Crippen molar-refractivity contribution in [1.82, 2.24) is 25.1 Å². The van der Waals surface area contributed by atoms with E-state index in [9.17, 15) is 4.79 Å². The van der Waals surface area contributed by atoms with Gasteiger partial charge in [-0.2, -0.15) is 9.61 Å². The molecule has 4 aromatic rings. The van der Waals surface area contributed by atoms with Crippen LogP contribution in [0.4, 0.5) is 5.69 Å². The Hall–Kier alpha value is -2.59. The van der Waals surface area contributed by atoms with Gasteiger partial charge in [-0.15, -0.1) is 10.2 Å². The van der Waals surface area contributed by atoms with Gasteiger partial charge in [-0.25, -0.2) is 0 Å². The predicted octanol–water partition coefficient (Wildman–Crippen LogP) is 5.16. The number of amides is 1. The van der Waals surface area contributed by atoms with Gasteiger partial charge in [-0.3, -0.25) is 10.1 Å². The molecule has 0 aliphatic carbocycles. The lowest BCUT2D eigenvalue weighted by atomic mass is 10.1. The van der Waals surface area contributed by atoms with Crippen LogP contribution in [0.2, 0.25) is 10.0 Å². The molecule has 2 N–H and O–H groups in total. The van der Waals surface area contributed by atoms with E-state index < -0.39 is 5.91 Å². The molecule has 0 radical (unpaired) electrons. The van der Waals surface area contributed by atoms with Crippen molar-refractivity contribution < 1.29 is 4.79 Å². The van der Waals surface area contributed by atoms with E-state index >= 15 is 0 Å². The Labute approximate surface area is 197 Å². The largest absolute Gasteiger partial charge is 0.332 e. The standard InChI is InChI=1S/C20H16Cl2N6OS2/c1-3-16-25-26-20-28(16)27-18(31-20)11-4-7-15(10(2)8-11)23-19(30)24-17(29)13-6-5-12(21)9-14(13)22/h4-9H,3H2,1-2H3,(H2,23,24,29,30). The topological polar surface area (TPSA) is 84.2 Å². The highest BCUT2D eigenvalue weighted by molar-refractivity contribution is 7.80. The molecule has 31 heavy (non-hydrogen) atoms. The zero-order chi connectivity index (χ0) is 22.1. The minimum absolute atomic E-state index is 0.165. The molecule has 1 amide bonds. The van der Waals surface area contributed by atoms with Crippen LogP contribution in [0.15, 0.2) is 36.4 Å². The van der Waals surface area contributed by atoms with Gasteiger partial charge in [0.2, 0.25) is 4.96 Å². The summed E-state index contributed by atoms with van der Waals surface area (Å²) in [6.45, 7) is 3.96. The van der Waals surface area contributed by atoms with Crippen molar-refractivity contribution >= 4 is 68.4 Å². The second-order valence-electron chi connectivity index (χ2n) is 6.63. The van der Waals surface area contributed by atoms with Gasteiger partial charge in [0.15, 0.2) is 10.9 Å². The molecule has 0 spiro atoms. The van der Waals surface area contributed by atoms with Crippen LogP contribution in [0.1, 0.15) is 28.7 Å². The number of halogens is 2. The van der Waals surface area contributed by atoms with Crippen LogP contribution >= 0.6 is 46.8 Å². The number of carbonyl (C=O) groups excluding carboxylic acids is 1. The van der Waals surface area contributed by atoms with E-state index in [-0.39, 0.29) is 15.7 Å². The fraction of sp³-hybridized carbons (Fsp3) is 0.150. The van der Waals surface area contributed by atoms with Crippen LogP contribution in [-0.4, -0.2) is 30.8 Å². The van der Waals surface area contributed by atoms with Crippen LogP contribution in [0, 0.1) is 6.92 Å². The van der Waals surface area contributed by atoms with Crippen molar-refractivity contribution in [3.05, 3.63) is 63.4 Å². The maximum atomic E-state index is 12.4. The molecule has 0 atom stereocenters.